The molecule has 268 valence electrons. The van der Waals surface area contributed by atoms with Crippen LogP contribution >= 0.6 is 0 Å². The van der Waals surface area contributed by atoms with Crippen LogP contribution in [0.4, 0.5) is 0 Å². The summed E-state index contributed by atoms with van der Waals surface area (Å²) in [5.41, 5.74) is 15.9. The van der Waals surface area contributed by atoms with E-state index in [2.05, 4.69) is 204 Å². The van der Waals surface area contributed by atoms with Crippen molar-refractivity contribution in [1.82, 2.24) is 9.55 Å². The maximum absolute atomic E-state index is 4.49. The number of rotatable bonds is 6. The molecule has 0 unspecified atom stereocenters. The summed E-state index contributed by atoms with van der Waals surface area (Å²) in [6, 6.07) is 64.4. The lowest BCUT2D eigenvalue weighted by atomic mass is 9.83. The van der Waals surface area contributed by atoms with Gasteiger partial charge < -0.3 is 4.57 Å². The van der Waals surface area contributed by atoms with Crippen LogP contribution in [0.2, 0.25) is 0 Å². The Bertz CT molecular complexity index is 3190. The maximum Gasteiger partial charge on any atom is 0.0571 e. The average Bonchev–Trinajstić information content (AvgIpc) is 3.62. The number of para-hydroxylation sites is 1. The predicted octanol–water partition coefficient (Wildman–Crippen LogP) is 14.9. The second-order valence-electron chi connectivity index (χ2n) is 15.0. The number of pyridine rings is 1. The summed E-state index contributed by atoms with van der Waals surface area (Å²) in [6.07, 6.45) is 13.1. The third-order valence-electron chi connectivity index (χ3n) is 11.7. The van der Waals surface area contributed by atoms with Gasteiger partial charge in [0.25, 0.3) is 0 Å². The molecule has 0 N–H and O–H groups in total. The molecule has 1 aliphatic carbocycles. The van der Waals surface area contributed by atoms with Crippen molar-refractivity contribution in [3.8, 4) is 50.2 Å². The first-order valence-electron chi connectivity index (χ1n) is 19.8. The van der Waals surface area contributed by atoms with Crippen molar-refractivity contribution in [3.05, 3.63) is 212 Å². The SMILES string of the molecule is C1=CC(c2c3ccccc3c(-c3ccccc3)c3cc(-c4ccc(-c5ccc(-c6ccc7c(c6)c6cnccc6n7-c6ccccc6)cc5)cc4)ccc23)=CCC1. The predicted molar refractivity (Wildman–Crippen MR) is 242 cm³/mol. The van der Waals surface area contributed by atoms with Gasteiger partial charge in [-0.1, -0.05) is 158 Å². The molecule has 11 rings (SSSR count). The monoisotopic (exact) mass is 726 g/mol. The van der Waals surface area contributed by atoms with Gasteiger partial charge in [0.2, 0.25) is 0 Å². The Hall–Kier alpha value is -7.29. The summed E-state index contributed by atoms with van der Waals surface area (Å²) in [4.78, 5) is 4.49. The van der Waals surface area contributed by atoms with E-state index in [-0.39, 0.29) is 0 Å². The molecule has 0 fully saturated rings. The van der Waals surface area contributed by atoms with Crippen LogP contribution in [-0.2, 0) is 0 Å². The Kier molecular flexibility index (Phi) is 8.00. The summed E-state index contributed by atoms with van der Waals surface area (Å²) in [6.45, 7) is 0. The summed E-state index contributed by atoms with van der Waals surface area (Å²) in [5.74, 6) is 0. The molecule has 0 bridgehead atoms. The van der Waals surface area contributed by atoms with Gasteiger partial charge in [0.05, 0.1) is 11.0 Å². The standard InChI is InChI=1S/C55H38N2/c1-4-12-41(13-5-1)54-46-18-10-11-19-47(46)55(42-14-6-2-7-15-42)50-35-43(28-30-48(50)54)39-24-20-37(21-25-39)38-22-26-40(27-23-38)44-29-31-52-49(34-44)51-36-56-33-32-53(51)57(52)45-16-8-3-9-17-45/h2-4,6-36H,1,5H2. The van der Waals surface area contributed by atoms with Crippen LogP contribution in [0.25, 0.3) is 99.1 Å². The van der Waals surface area contributed by atoms with Crippen molar-refractivity contribution in [2.75, 3.05) is 0 Å². The van der Waals surface area contributed by atoms with Crippen molar-refractivity contribution in [3.63, 3.8) is 0 Å². The zero-order valence-corrected chi connectivity index (χ0v) is 31.4. The van der Waals surface area contributed by atoms with E-state index in [0.717, 1.165) is 29.4 Å². The second kappa shape index (κ2) is 13.8. The van der Waals surface area contributed by atoms with Crippen LogP contribution in [-0.4, -0.2) is 9.55 Å². The number of fused-ring (bicyclic) bond motifs is 5. The number of nitrogens with zero attached hydrogens (tertiary/aromatic N) is 2. The van der Waals surface area contributed by atoms with Gasteiger partial charge in [-0.05, 0) is 126 Å². The van der Waals surface area contributed by atoms with Gasteiger partial charge >= 0.3 is 0 Å². The second-order valence-corrected chi connectivity index (χ2v) is 15.0. The molecule has 0 atom stereocenters. The third kappa shape index (κ3) is 5.69. The highest BCUT2D eigenvalue weighted by molar-refractivity contribution is 6.20. The summed E-state index contributed by atoms with van der Waals surface area (Å²) >= 11 is 0. The molecule has 0 spiro atoms. The lowest BCUT2D eigenvalue weighted by molar-refractivity contribution is 1.04. The largest absolute Gasteiger partial charge is 0.309 e. The minimum atomic E-state index is 1.07. The highest BCUT2D eigenvalue weighted by Crippen LogP contribution is 2.44. The Morgan fingerprint density at radius 1 is 0.386 bits per heavy atom. The fourth-order valence-corrected chi connectivity index (χ4v) is 8.99. The van der Waals surface area contributed by atoms with Crippen LogP contribution in [0.3, 0.4) is 0 Å². The number of allylic oxidation sites excluding steroid dienone is 4. The Morgan fingerprint density at radius 3 is 1.60 bits per heavy atom. The first-order chi connectivity index (χ1) is 28.3. The Morgan fingerprint density at radius 2 is 0.930 bits per heavy atom. The van der Waals surface area contributed by atoms with Gasteiger partial charge in [0, 0.05) is 28.9 Å². The number of hydrogen-bond donors (Lipinski definition) is 0. The quantitative estimate of drug-likeness (QED) is 0.156. The van der Waals surface area contributed by atoms with Gasteiger partial charge in [-0.25, -0.2) is 0 Å². The first-order valence-corrected chi connectivity index (χ1v) is 19.8. The lowest BCUT2D eigenvalue weighted by Crippen LogP contribution is -1.95. The van der Waals surface area contributed by atoms with E-state index >= 15 is 0 Å². The molecule has 57 heavy (non-hydrogen) atoms. The number of aromatic nitrogens is 2. The lowest BCUT2D eigenvalue weighted by Gasteiger charge is -2.20. The van der Waals surface area contributed by atoms with Crippen LogP contribution in [0, 0.1) is 0 Å². The zero-order valence-electron chi connectivity index (χ0n) is 31.4. The van der Waals surface area contributed by atoms with E-state index < -0.39 is 0 Å². The minimum Gasteiger partial charge on any atom is -0.309 e. The normalized spacial score (nSPS) is 12.8. The first kappa shape index (κ1) is 33.1. The van der Waals surface area contributed by atoms with E-state index in [9.17, 15) is 0 Å². The molecule has 0 saturated heterocycles. The molecular weight excluding hydrogens is 689 g/mol. The minimum absolute atomic E-state index is 1.07. The molecule has 0 aliphatic heterocycles. The van der Waals surface area contributed by atoms with E-state index in [1.807, 2.05) is 12.4 Å². The van der Waals surface area contributed by atoms with Crippen molar-refractivity contribution >= 4 is 48.9 Å². The molecule has 0 amide bonds. The van der Waals surface area contributed by atoms with Gasteiger partial charge in [0.1, 0.15) is 0 Å². The highest BCUT2D eigenvalue weighted by Gasteiger charge is 2.19. The topological polar surface area (TPSA) is 17.8 Å². The summed E-state index contributed by atoms with van der Waals surface area (Å²) < 4.78 is 2.33. The van der Waals surface area contributed by atoms with Crippen molar-refractivity contribution in [2.24, 2.45) is 0 Å². The fourth-order valence-electron chi connectivity index (χ4n) is 8.99. The molecule has 2 nitrogen and oxygen atoms in total. The Labute approximate surface area is 332 Å². The number of benzene rings is 8. The molecule has 0 radical (unpaired) electrons. The fraction of sp³-hybridized carbons (Fsp3) is 0.0364. The van der Waals surface area contributed by atoms with E-state index in [0.29, 0.717) is 0 Å². The van der Waals surface area contributed by atoms with Gasteiger partial charge in [-0.15, -0.1) is 0 Å². The summed E-state index contributed by atoms with van der Waals surface area (Å²) in [7, 11) is 0. The summed E-state index contributed by atoms with van der Waals surface area (Å²) in [5, 5.41) is 7.53. The number of hydrogen-bond acceptors (Lipinski definition) is 1. The molecule has 10 aromatic rings. The third-order valence-corrected chi connectivity index (χ3v) is 11.7. The van der Waals surface area contributed by atoms with Crippen LogP contribution in [0.15, 0.2) is 207 Å². The smallest absolute Gasteiger partial charge is 0.0571 e. The van der Waals surface area contributed by atoms with Crippen LogP contribution < -0.4 is 0 Å². The van der Waals surface area contributed by atoms with E-state index in [1.54, 1.807) is 0 Å². The maximum atomic E-state index is 4.49. The molecule has 0 saturated carbocycles. The van der Waals surface area contributed by atoms with Crippen molar-refractivity contribution in [2.45, 2.75) is 12.8 Å². The van der Waals surface area contributed by atoms with Crippen LogP contribution in [0.5, 0.6) is 0 Å². The van der Waals surface area contributed by atoms with Gasteiger partial charge in [-0.2, -0.15) is 0 Å². The highest BCUT2D eigenvalue weighted by atomic mass is 15.0. The van der Waals surface area contributed by atoms with Crippen LogP contribution in [0.1, 0.15) is 18.4 Å². The van der Waals surface area contributed by atoms with Gasteiger partial charge in [-0.3, -0.25) is 4.98 Å². The van der Waals surface area contributed by atoms with Crippen molar-refractivity contribution in [1.29, 1.82) is 0 Å². The molecule has 2 aromatic heterocycles. The van der Waals surface area contributed by atoms with E-state index in [1.165, 1.54) is 88.1 Å². The van der Waals surface area contributed by atoms with Gasteiger partial charge in [0.15, 0.2) is 0 Å². The molecular formula is C55H38N2. The average molecular weight is 727 g/mol. The molecule has 2 heteroatoms. The molecule has 1 aliphatic rings. The zero-order chi connectivity index (χ0) is 37.7. The Balaban J connectivity index is 0.950. The van der Waals surface area contributed by atoms with E-state index in [4.69, 9.17) is 0 Å². The molecule has 8 aromatic carbocycles. The molecule has 2 heterocycles. The van der Waals surface area contributed by atoms with Crippen molar-refractivity contribution < 1.29 is 0 Å².